The van der Waals surface area contributed by atoms with Gasteiger partial charge in [0.1, 0.15) is 37.9 Å². The number of rotatable bonds is 14. The Balaban J connectivity index is 1.68. The first-order valence-electron chi connectivity index (χ1n) is 13.5. The molecule has 212 valence electrons. The van der Waals surface area contributed by atoms with Crippen molar-refractivity contribution in [1.82, 2.24) is 0 Å². The fourth-order valence-electron chi connectivity index (χ4n) is 4.30. The summed E-state index contributed by atoms with van der Waals surface area (Å²) >= 11 is 0. The summed E-state index contributed by atoms with van der Waals surface area (Å²) in [5.41, 5.74) is 2.26. The van der Waals surface area contributed by atoms with Crippen molar-refractivity contribution in [3.63, 3.8) is 0 Å². The first kappa shape index (κ1) is 30.2. The predicted octanol–water partition coefficient (Wildman–Crippen LogP) is 4.81. The van der Waals surface area contributed by atoms with Gasteiger partial charge in [0.15, 0.2) is 0 Å². The molecular weight excluding hydrogens is 500 g/mol. The Morgan fingerprint density at radius 3 is 2.00 bits per heavy atom. The molecule has 0 aliphatic heterocycles. The summed E-state index contributed by atoms with van der Waals surface area (Å²) in [5, 5.41) is 18.3. The highest BCUT2D eigenvalue weighted by Gasteiger charge is 2.28. The second kappa shape index (κ2) is 14.7. The Morgan fingerprint density at radius 1 is 0.846 bits per heavy atom. The number of hydrogen-bond donors (Lipinski definition) is 2. The number of hydrogen-bond acceptors (Lipinski definition) is 8. The largest absolute Gasteiger partial charge is 0.490 e. The molecule has 1 fully saturated rings. The number of aliphatic hydroxyl groups excluding tert-OH is 2. The number of carbonyl (C=O) groups is 2. The third kappa shape index (κ3) is 9.11. The second-order valence-corrected chi connectivity index (χ2v) is 10.4. The van der Waals surface area contributed by atoms with E-state index in [2.05, 4.69) is 30.8 Å². The summed E-state index contributed by atoms with van der Waals surface area (Å²) in [6.07, 6.45) is 6.34. The van der Waals surface area contributed by atoms with Crippen molar-refractivity contribution in [2.45, 2.75) is 51.9 Å². The van der Waals surface area contributed by atoms with Crippen LogP contribution in [0.2, 0.25) is 0 Å². The van der Waals surface area contributed by atoms with Gasteiger partial charge in [-0.25, -0.2) is 4.79 Å². The molecular formula is C31H40O8. The Hall–Kier alpha value is -3.36. The van der Waals surface area contributed by atoms with Crippen molar-refractivity contribution < 1.29 is 38.7 Å². The molecule has 3 rings (SSSR count). The van der Waals surface area contributed by atoms with Crippen molar-refractivity contribution in [1.29, 1.82) is 0 Å². The zero-order valence-corrected chi connectivity index (χ0v) is 22.9. The Bertz CT molecular complexity index is 1100. The molecule has 8 heteroatoms. The topological polar surface area (TPSA) is 112 Å². The average Bonchev–Trinajstić information content (AvgIpc) is 2.97. The van der Waals surface area contributed by atoms with Crippen LogP contribution in [0.3, 0.4) is 0 Å². The SMILES string of the molecule is C=C(CO)C(=O)OCCOc1cc(OCCOC(=O)C(C)(C)CO)cc(-c2ccc(C3CCCCC3)cc2)c1. The Kier molecular flexibility index (Phi) is 11.4. The maximum Gasteiger partial charge on any atom is 0.335 e. The van der Waals surface area contributed by atoms with Crippen molar-refractivity contribution in [2.24, 2.45) is 5.41 Å². The fraction of sp³-hybridized carbons (Fsp3) is 0.484. The van der Waals surface area contributed by atoms with Crippen LogP contribution in [0.1, 0.15) is 57.4 Å². The van der Waals surface area contributed by atoms with Gasteiger partial charge in [0.05, 0.1) is 24.2 Å². The molecule has 2 N–H and O–H groups in total. The number of aliphatic hydroxyl groups is 2. The van der Waals surface area contributed by atoms with E-state index in [1.54, 1.807) is 19.9 Å². The van der Waals surface area contributed by atoms with E-state index in [1.807, 2.05) is 12.1 Å². The standard InChI is InChI=1S/C31H40O8/c1-22(20-32)29(34)38-15-13-36-27-17-26(25-11-9-24(10-12-25)23-7-5-4-6-8-23)18-28(19-27)37-14-16-39-30(35)31(2,3)21-33/h9-12,17-19,23,32-33H,1,4-8,13-16,20-21H2,2-3H3. The lowest BCUT2D eigenvalue weighted by Crippen LogP contribution is -2.31. The fourth-order valence-corrected chi connectivity index (χ4v) is 4.30. The van der Waals surface area contributed by atoms with Crippen LogP contribution in [-0.4, -0.2) is 61.8 Å². The molecule has 1 aliphatic rings. The zero-order valence-electron chi connectivity index (χ0n) is 22.9. The molecule has 2 aromatic rings. The predicted molar refractivity (Wildman–Crippen MR) is 148 cm³/mol. The summed E-state index contributed by atoms with van der Waals surface area (Å²) in [4.78, 5) is 23.8. The first-order chi connectivity index (χ1) is 18.7. The normalized spacial score (nSPS) is 13.9. The molecule has 0 unspecified atom stereocenters. The molecule has 0 aromatic heterocycles. The van der Waals surface area contributed by atoms with E-state index >= 15 is 0 Å². The highest BCUT2D eigenvalue weighted by molar-refractivity contribution is 5.87. The van der Waals surface area contributed by atoms with Gasteiger partial charge in [-0.3, -0.25) is 4.79 Å². The molecule has 0 radical (unpaired) electrons. The lowest BCUT2D eigenvalue weighted by atomic mass is 9.84. The molecule has 1 aliphatic carbocycles. The molecule has 0 atom stereocenters. The van der Waals surface area contributed by atoms with Gasteiger partial charge in [0.25, 0.3) is 0 Å². The minimum atomic E-state index is -0.974. The van der Waals surface area contributed by atoms with E-state index in [0.29, 0.717) is 17.4 Å². The smallest absolute Gasteiger partial charge is 0.335 e. The van der Waals surface area contributed by atoms with E-state index < -0.39 is 24.0 Å². The first-order valence-corrected chi connectivity index (χ1v) is 13.5. The lowest BCUT2D eigenvalue weighted by Gasteiger charge is -2.22. The van der Waals surface area contributed by atoms with Crippen molar-refractivity contribution in [2.75, 3.05) is 39.6 Å². The second-order valence-electron chi connectivity index (χ2n) is 10.4. The van der Waals surface area contributed by atoms with Crippen LogP contribution >= 0.6 is 0 Å². The molecule has 39 heavy (non-hydrogen) atoms. The quantitative estimate of drug-likeness (QED) is 0.199. The minimum absolute atomic E-state index is 0.00898. The number of esters is 2. The van der Waals surface area contributed by atoms with Crippen LogP contribution in [-0.2, 0) is 19.1 Å². The maximum atomic E-state index is 12.1. The summed E-state index contributed by atoms with van der Waals surface area (Å²) in [7, 11) is 0. The molecule has 0 spiro atoms. The molecule has 1 saturated carbocycles. The van der Waals surface area contributed by atoms with Crippen molar-refractivity contribution >= 4 is 11.9 Å². The molecule has 0 saturated heterocycles. The monoisotopic (exact) mass is 540 g/mol. The van der Waals surface area contributed by atoms with E-state index in [1.165, 1.54) is 37.7 Å². The van der Waals surface area contributed by atoms with Gasteiger partial charge < -0.3 is 29.2 Å². The van der Waals surface area contributed by atoms with Crippen molar-refractivity contribution in [3.8, 4) is 22.6 Å². The van der Waals surface area contributed by atoms with Gasteiger partial charge in [-0.1, -0.05) is 50.1 Å². The number of ether oxygens (including phenoxy) is 4. The van der Waals surface area contributed by atoms with Crippen LogP contribution < -0.4 is 9.47 Å². The van der Waals surface area contributed by atoms with Crippen molar-refractivity contribution in [3.05, 3.63) is 60.2 Å². The van der Waals surface area contributed by atoms with E-state index in [9.17, 15) is 14.7 Å². The molecule has 2 aromatic carbocycles. The molecule has 0 bridgehead atoms. The highest BCUT2D eigenvalue weighted by Crippen LogP contribution is 2.35. The lowest BCUT2D eigenvalue weighted by molar-refractivity contribution is -0.156. The summed E-state index contributed by atoms with van der Waals surface area (Å²) in [6.45, 7) is 6.14. The molecule has 0 heterocycles. The Morgan fingerprint density at radius 2 is 1.44 bits per heavy atom. The summed E-state index contributed by atoms with van der Waals surface area (Å²) < 4.78 is 22.0. The third-order valence-corrected chi connectivity index (χ3v) is 6.80. The van der Waals surface area contributed by atoms with Gasteiger partial charge >= 0.3 is 11.9 Å². The van der Waals surface area contributed by atoms with Gasteiger partial charge in [0, 0.05) is 6.07 Å². The van der Waals surface area contributed by atoms with Crippen LogP contribution in [0.4, 0.5) is 0 Å². The van der Waals surface area contributed by atoms with E-state index in [0.717, 1.165) is 11.1 Å². The van der Waals surface area contributed by atoms with Gasteiger partial charge in [-0.15, -0.1) is 0 Å². The summed E-state index contributed by atoms with van der Waals surface area (Å²) in [6, 6.07) is 14.1. The number of carbonyl (C=O) groups excluding carboxylic acids is 2. The van der Waals surface area contributed by atoms with Gasteiger partial charge in [0.2, 0.25) is 0 Å². The highest BCUT2D eigenvalue weighted by atomic mass is 16.6. The zero-order chi connectivity index (χ0) is 28.3. The maximum absolute atomic E-state index is 12.1. The minimum Gasteiger partial charge on any atom is -0.490 e. The Labute approximate surface area is 230 Å². The molecule has 0 amide bonds. The summed E-state index contributed by atoms with van der Waals surface area (Å²) in [5.74, 6) is 0.500. The van der Waals surface area contributed by atoms with Crippen LogP contribution in [0, 0.1) is 5.41 Å². The van der Waals surface area contributed by atoms with Gasteiger partial charge in [-0.05, 0) is 61.4 Å². The van der Waals surface area contributed by atoms with Crippen LogP contribution in [0.15, 0.2) is 54.6 Å². The van der Waals surface area contributed by atoms with Crippen LogP contribution in [0.25, 0.3) is 11.1 Å². The van der Waals surface area contributed by atoms with Gasteiger partial charge in [-0.2, -0.15) is 0 Å². The van der Waals surface area contributed by atoms with E-state index in [4.69, 9.17) is 24.1 Å². The number of benzene rings is 2. The average molecular weight is 541 g/mol. The van der Waals surface area contributed by atoms with E-state index in [-0.39, 0.29) is 38.6 Å². The third-order valence-electron chi connectivity index (χ3n) is 6.80. The van der Waals surface area contributed by atoms with Crippen LogP contribution in [0.5, 0.6) is 11.5 Å². The molecule has 8 nitrogen and oxygen atoms in total.